The van der Waals surface area contributed by atoms with Gasteiger partial charge in [-0.25, -0.2) is 0 Å². The number of benzene rings is 1. The van der Waals surface area contributed by atoms with E-state index < -0.39 is 0 Å². The summed E-state index contributed by atoms with van der Waals surface area (Å²) >= 11 is 7.03. The quantitative estimate of drug-likeness (QED) is 0.356. The Labute approximate surface area is 204 Å². The van der Waals surface area contributed by atoms with Gasteiger partial charge in [0.1, 0.15) is 27.3 Å². The molecule has 33 heavy (non-hydrogen) atoms. The standard InChI is InChI=1S/C26H29NO4S2/c1-29-21-12-18(13-22(14-21)30-2)23-10-9-20(31-23)15-24-25(28)27(26(32)33-24)19-8-7-16-5-3-4-6-17(16)11-19/h9-10,12-17,19H,3-8,11H2,1-2H3/b24-15-. The number of carbonyl (C=O) groups is 1. The van der Waals surface area contributed by atoms with Crippen molar-refractivity contribution in [3.8, 4) is 22.8 Å². The lowest BCUT2D eigenvalue weighted by molar-refractivity contribution is -0.124. The minimum absolute atomic E-state index is 0.0188. The molecule has 3 fully saturated rings. The first kappa shape index (κ1) is 22.5. The van der Waals surface area contributed by atoms with Crippen molar-refractivity contribution in [1.29, 1.82) is 0 Å². The second-order valence-corrected chi connectivity index (χ2v) is 10.8. The molecule has 1 aromatic heterocycles. The molecule has 174 valence electrons. The largest absolute Gasteiger partial charge is 0.497 e. The van der Waals surface area contributed by atoms with Crippen LogP contribution in [0.2, 0.25) is 0 Å². The van der Waals surface area contributed by atoms with Crippen molar-refractivity contribution < 1.29 is 18.7 Å². The van der Waals surface area contributed by atoms with E-state index in [1.165, 1.54) is 43.9 Å². The maximum Gasteiger partial charge on any atom is 0.266 e. The van der Waals surface area contributed by atoms with Gasteiger partial charge in [-0.1, -0.05) is 49.7 Å². The Morgan fingerprint density at radius 2 is 1.76 bits per heavy atom. The summed E-state index contributed by atoms with van der Waals surface area (Å²) in [7, 11) is 3.24. The van der Waals surface area contributed by atoms with Crippen LogP contribution in [0.1, 0.15) is 50.7 Å². The van der Waals surface area contributed by atoms with Gasteiger partial charge in [-0.05, 0) is 55.4 Å². The SMILES string of the molecule is COc1cc(OC)cc(-c2ccc(/C=C3\SC(=S)N(C4CCC5CCCCC5C4)C3=O)o2)c1. The van der Waals surface area contributed by atoms with E-state index in [1.54, 1.807) is 14.2 Å². The molecule has 3 aliphatic rings. The van der Waals surface area contributed by atoms with E-state index in [2.05, 4.69) is 0 Å². The summed E-state index contributed by atoms with van der Waals surface area (Å²) in [5, 5.41) is 0. The zero-order chi connectivity index (χ0) is 22.9. The summed E-state index contributed by atoms with van der Waals surface area (Å²) in [6.45, 7) is 0. The van der Waals surface area contributed by atoms with Crippen molar-refractivity contribution in [1.82, 2.24) is 4.90 Å². The van der Waals surface area contributed by atoms with Gasteiger partial charge < -0.3 is 13.9 Å². The van der Waals surface area contributed by atoms with E-state index in [9.17, 15) is 4.79 Å². The van der Waals surface area contributed by atoms with Gasteiger partial charge in [0, 0.05) is 23.7 Å². The van der Waals surface area contributed by atoms with Crippen LogP contribution >= 0.6 is 24.0 Å². The lowest BCUT2D eigenvalue weighted by Crippen LogP contribution is -2.44. The molecule has 2 aliphatic carbocycles. The molecular formula is C26H29NO4S2. The van der Waals surface area contributed by atoms with Gasteiger partial charge in [0.2, 0.25) is 0 Å². The molecule has 1 saturated heterocycles. The minimum atomic E-state index is 0.0188. The predicted molar refractivity (Wildman–Crippen MR) is 135 cm³/mol. The Balaban J connectivity index is 1.33. The van der Waals surface area contributed by atoms with Gasteiger partial charge in [0.05, 0.1) is 19.1 Å². The number of fused-ring (bicyclic) bond motifs is 1. The van der Waals surface area contributed by atoms with Crippen LogP contribution in [0.4, 0.5) is 0 Å². The highest BCUT2D eigenvalue weighted by atomic mass is 32.2. The lowest BCUT2D eigenvalue weighted by Gasteiger charge is -2.41. The van der Waals surface area contributed by atoms with Gasteiger partial charge in [0.25, 0.3) is 5.91 Å². The van der Waals surface area contributed by atoms with E-state index in [1.807, 2.05) is 41.3 Å². The fourth-order valence-corrected chi connectivity index (χ4v) is 6.92. The van der Waals surface area contributed by atoms with Crippen LogP contribution in [0.15, 0.2) is 39.7 Å². The summed E-state index contributed by atoms with van der Waals surface area (Å²) in [6.07, 6.45) is 10.5. The summed E-state index contributed by atoms with van der Waals surface area (Å²) in [6, 6.07) is 9.61. The Bertz CT molecular complexity index is 1070. The van der Waals surface area contributed by atoms with E-state index in [0.29, 0.717) is 32.2 Å². The highest BCUT2D eigenvalue weighted by Gasteiger charge is 2.41. The molecular weight excluding hydrogens is 454 g/mol. The van der Waals surface area contributed by atoms with Crippen molar-refractivity contribution >= 4 is 40.3 Å². The van der Waals surface area contributed by atoms with Crippen LogP contribution in [-0.4, -0.2) is 35.4 Å². The number of ether oxygens (including phenoxy) is 2. The van der Waals surface area contributed by atoms with Crippen molar-refractivity contribution in [2.75, 3.05) is 14.2 Å². The first-order chi connectivity index (χ1) is 16.1. The normalized spacial score (nSPS) is 26.5. The third kappa shape index (κ3) is 4.58. The van der Waals surface area contributed by atoms with Crippen molar-refractivity contribution in [3.63, 3.8) is 0 Å². The number of rotatable bonds is 5. The van der Waals surface area contributed by atoms with Crippen molar-refractivity contribution in [3.05, 3.63) is 41.0 Å². The van der Waals surface area contributed by atoms with Crippen LogP contribution in [0.25, 0.3) is 17.4 Å². The second kappa shape index (κ2) is 9.55. The third-order valence-electron chi connectivity index (χ3n) is 7.24. The van der Waals surface area contributed by atoms with Crippen molar-refractivity contribution in [2.24, 2.45) is 11.8 Å². The van der Waals surface area contributed by atoms with E-state index in [-0.39, 0.29) is 11.9 Å². The number of hydrogen-bond donors (Lipinski definition) is 0. The molecule has 0 radical (unpaired) electrons. The average molecular weight is 484 g/mol. The number of carbonyl (C=O) groups excluding carboxylic acids is 1. The molecule has 0 bridgehead atoms. The van der Waals surface area contributed by atoms with Crippen LogP contribution in [0.3, 0.4) is 0 Å². The Morgan fingerprint density at radius 1 is 1.03 bits per heavy atom. The summed E-state index contributed by atoms with van der Waals surface area (Å²) in [4.78, 5) is 15.8. The minimum Gasteiger partial charge on any atom is -0.497 e. The molecule has 0 N–H and O–H groups in total. The molecule has 5 nitrogen and oxygen atoms in total. The zero-order valence-electron chi connectivity index (χ0n) is 19.0. The lowest BCUT2D eigenvalue weighted by atomic mass is 9.69. The molecule has 2 saturated carbocycles. The van der Waals surface area contributed by atoms with Gasteiger partial charge in [-0.3, -0.25) is 9.69 Å². The number of furan rings is 1. The number of methoxy groups -OCH3 is 2. The fourth-order valence-electron chi connectivity index (χ4n) is 5.54. The molecule has 2 aromatic rings. The summed E-state index contributed by atoms with van der Waals surface area (Å²) < 4.78 is 17.4. The number of thioether (sulfide) groups is 1. The Kier molecular flexibility index (Phi) is 6.52. The van der Waals surface area contributed by atoms with E-state index in [0.717, 1.165) is 30.2 Å². The number of amides is 1. The fraction of sp³-hybridized carbons (Fsp3) is 0.462. The van der Waals surface area contributed by atoms with Crippen molar-refractivity contribution in [2.45, 2.75) is 51.0 Å². The zero-order valence-corrected chi connectivity index (χ0v) is 20.7. The molecule has 2 heterocycles. The molecule has 3 atom stereocenters. The van der Waals surface area contributed by atoms with Crippen LogP contribution < -0.4 is 9.47 Å². The number of hydrogen-bond acceptors (Lipinski definition) is 6. The summed E-state index contributed by atoms with van der Waals surface area (Å²) in [5.74, 6) is 4.31. The Hall–Kier alpha value is -2.25. The van der Waals surface area contributed by atoms with Crippen LogP contribution in [-0.2, 0) is 4.79 Å². The Morgan fingerprint density at radius 3 is 2.48 bits per heavy atom. The highest BCUT2D eigenvalue weighted by Crippen LogP contribution is 2.45. The molecule has 1 aliphatic heterocycles. The van der Waals surface area contributed by atoms with E-state index >= 15 is 0 Å². The number of thiocarbonyl (C=S) groups is 1. The molecule has 0 spiro atoms. The van der Waals surface area contributed by atoms with E-state index in [4.69, 9.17) is 26.1 Å². The monoisotopic (exact) mass is 483 g/mol. The predicted octanol–water partition coefficient (Wildman–Crippen LogP) is 6.52. The van der Waals surface area contributed by atoms with Crippen LogP contribution in [0.5, 0.6) is 11.5 Å². The molecule has 3 unspecified atom stereocenters. The summed E-state index contributed by atoms with van der Waals surface area (Å²) in [5.41, 5.74) is 0.850. The van der Waals surface area contributed by atoms with Gasteiger partial charge in [-0.15, -0.1) is 0 Å². The molecule has 1 aromatic carbocycles. The maximum atomic E-state index is 13.3. The van der Waals surface area contributed by atoms with Crippen LogP contribution in [0, 0.1) is 11.8 Å². The topological polar surface area (TPSA) is 51.9 Å². The number of nitrogens with zero attached hydrogens (tertiary/aromatic N) is 1. The van der Waals surface area contributed by atoms with Gasteiger partial charge in [-0.2, -0.15) is 0 Å². The molecule has 5 rings (SSSR count). The second-order valence-electron chi connectivity index (χ2n) is 9.13. The molecule has 7 heteroatoms. The average Bonchev–Trinajstić information content (AvgIpc) is 3.42. The highest BCUT2D eigenvalue weighted by molar-refractivity contribution is 8.26. The third-order valence-corrected chi connectivity index (χ3v) is 8.57. The molecule has 1 amide bonds. The van der Waals surface area contributed by atoms with Gasteiger partial charge >= 0.3 is 0 Å². The maximum absolute atomic E-state index is 13.3. The smallest absolute Gasteiger partial charge is 0.266 e. The first-order valence-electron chi connectivity index (χ1n) is 11.7. The first-order valence-corrected chi connectivity index (χ1v) is 12.9. The van der Waals surface area contributed by atoms with Gasteiger partial charge in [0.15, 0.2) is 0 Å².